The molecule has 0 fully saturated rings. The summed E-state index contributed by atoms with van der Waals surface area (Å²) in [6.07, 6.45) is 3.73. The molecule has 0 saturated carbocycles. The molecule has 0 radical (unpaired) electrons. The predicted molar refractivity (Wildman–Crippen MR) is 110 cm³/mol. The number of nitrogens with zero attached hydrogens (tertiary/aromatic N) is 3. The third kappa shape index (κ3) is 3.42. The van der Waals surface area contributed by atoms with Crippen LogP contribution in [0.3, 0.4) is 0 Å². The molecule has 7 heteroatoms. The molecular weight excluding hydrogens is 376 g/mol. The minimum Gasteiger partial charge on any atom is -0.323 e. The molecule has 140 valence electrons. The molecule has 0 bridgehead atoms. The molecule has 2 aromatic heterocycles. The number of hydrogen-bond donors (Lipinski definition) is 1. The molecule has 4 aromatic rings. The van der Waals surface area contributed by atoms with E-state index < -0.39 is 0 Å². The average molecular weight is 393 g/mol. The van der Waals surface area contributed by atoms with Gasteiger partial charge in [0.05, 0.1) is 22.3 Å². The number of carbonyl (C=O) groups excluding carboxylic acids is 1. The number of hydrogen-bond acceptors (Lipinski definition) is 3. The van der Waals surface area contributed by atoms with Crippen molar-refractivity contribution < 1.29 is 4.79 Å². The van der Waals surface area contributed by atoms with E-state index >= 15 is 0 Å². The number of aryl methyl sites for hydroxylation is 1. The van der Waals surface area contributed by atoms with Gasteiger partial charge in [-0.05, 0) is 49.4 Å². The van der Waals surface area contributed by atoms with E-state index in [1.165, 1.54) is 4.57 Å². The highest BCUT2D eigenvalue weighted by molar-refractivity contribution is 6.30. The lowest BCUT2D eigenvalue weighted by atomic mass is 10.2. The number of para-hydroxylation sites is 1. The number of rotatable bonds is 4. The normalized spacial score (nSPS) is 10.9. The topological polar surface area (TPSA) is 68.9 Å². The van der Waals surface area contributed by atoms with Gasteiger partial charge >= 0.3 is 0 Å². The van der Waals surface area contributed by atoms with Crippen molar-refractivity contribution >= 4 is 34.1 Å². The van der Waals surface area contributed by atoms with E-state index in [0.29, 0.717) is 27.4 Å². The monoisotopic (exact) mass is 392 g/mol. The van der Waals surface area contributed by atoms with Crippen molar-refractivity contribution in [3.05, 3.63) is 88.2 Å². The van der Waals surface area contributed by atoms with Crippen molar-refractivity contribution in [3.8, 4) is 5.69 Å². The van der Waals surface area contributed by atoms with E-state index in [0.717, 1.165) is 5.69 Å². The summed E-state index contributed by atoms with van der Waals surface area (Å²) in [7, 11) is 0. The second-order valence-corrected chi connectivity index (χ2v) is 6.80. The molecule has 2 aromatic carbocycles. The number of nitrogens with one attached hydrogen (secondary N) is 1. The largest absolute Gasteiger partial charge is 0.323 e. The van der Waals surface area contributed by atoms with Crippen LogP contribution < -0.4 is 10.9 Å². The molecule has 4 rings (SSSR count). The number of benzene rings is 2. The van der Waals surface area contributed by atoms with Gasteiger partial charge in [0.15, 0.2) is 0 Å². The maximum absolute atomic E-state index is 12.8. The van der Waals surface area contributed by atoms with Gasteiger partial charge in [0.25, 0.3) is 5.56 Å². The predicted octanol–water partition coefficient (Wildman–Crippen LogP) is 3.79. The molecule has 0 aliphatic heterocycles. The maximum Gasteiger partial charge on any atom is 0.261 e. The summed E-state index contributed by atoms with van der Waals surface area (Å²) >= 11 is 6.12. The standard InChI is InChI=1S/C21H17ClN4O2/c1-14-23-17-7-3-2-6-16(17)21(28)26(14)13-20(27)24-18-9-8-15(22)12-19(18)25-10-4-5-11-25/h2-12H,13H2,1H3,(H,24,27). The lowest BCUT2D eigenvalue weighted by Crippen LogP contribution is -2.30. The summed E-state index contributed by atoms with van der Waals surface area (Å²) in [6, 6.07) is 16.1. The van der Waals surface area contributed by atoms with Crippen LogP contribution in [-0.2, 0) is 11.3 Å². The fraction of sp³-hybridized carbons (Fsp3) is 0.0952. The number of halogens is 1. The number of amides is 1. The summed E-state index contributed by atoms with van der Waals surface area (Å²) < 4.78 is 3.24. The molecule has 1 N–H and O–H groups in total. The molecule has 0 atom stereocenters. The highest BCUT2D eigenvalue weighted by Crippen LogP contribution is 2.24. The Morgan fingerprint density at radius 2 is 1.86 bits per heavy atom. The Morgan fingerprint density at radius 1 is 1.11 bits per heavy atom. The Kier molecular flexibility index (Phi) is 4.71. The summed E-state index contributed by atoms with van der Waals surface area (Å²) in [6.45, 7) is 1.59. The van der Waals surface area contributed by atoms with Gasteiger partial charge in [-0.2, -0.15) is 0 Å². The van der Waals surface area contributed by atoms with E-state index in [1.807, 2.05) is 35.2 Å². The zero-order valence-electron chi connectivity index (χ0n) is 15.1. The molecule has 28 heavy (non-hydrogen) atoms. The first-order chi connectivity index (χ1) is 13.5. The van der Waals surface area contributed by atoms with Crippen LogP contribution in [0.1, 0.15) is 5.82 Å². The molecule has 0 aliphatic carbocycles. The first-order valence-corrected chi connectivity index (χ1v) is 9.09. The van der Waals surface area contributed by atoms with Crippen LogP contribution in [0.2, 0.25) is 5.02 Å². The van der Waals surface area contributed by atoms with Crippen LogP contribution in [0, 0.1) is 6.92 Å². The summed E-state index contributed by atoms with van der Waals surface area (Å²) in [4.78, 5) is 29.9. The molecular formula is C21H17ClN4O2. The molecule has 0 spiro atoms. The summed E-state index contributed by atoms with van der Waals surface area (Å²) in [5.41, 5.74) is 1.73. The second-order valence-electron chi connectivity index (χ2n) is 6.37. The van der Waals surface area contributed by atoms with E-state index in [4.69, 9.17) is 11.6 Å². The van der Waals surface area contributed by atoms with Crippen LogP contribution in [0.4, 0.5) is 5.69 Å². The molecule has 1 amide bonds. The lowest BCUT2D eigenvalue weighted by molar-refractivity contribution is -0.116. The van der Waals surface area contributed by atoms with Crippen molar-refractivity contribution in [2.45, 2.75) is 13.5 Å². The smallest absolute Gasteiger partial charge is 0.261 e. The van der Waals surface area contributed by atoms with Crippen LogP contribution in [0.25, 0.3) is 16.6 Å². The van der Waals surface area contributed by atoms with Crippen molar-refractivity contribution in [2.75, 3.05) is 5.32 Å². The molecule has 0 unspecified atom stereocenters. The van der Waals surface area contributed by atoms with Gasteiger partial charge in [0, 0.05) is 17.4 Å². The van der Waals surface area contributed by atoms with Gasteiger partial charge in [-0.25, -0.2) is 4.98 Å². The highest BCUT2D eigenvalue weighted by Gasteiger charge is 2.13. The maximum atomic E-state index is 12.8. The van der Waals surface area contributed by atoms with Crippen LogP contribution in [-0.4, -0.2) is 20.0 Å². The van der Waals surface area contributed by atoms with Crippen molar-refractivity contribution in [3.63, 3.8) is 0 Å². The fourth-order valence-electron chi connectivity index (χ4n) is 3.12. The molecule has 6 nitrogen and oxygen atoms in total. The summed E-state index contributed by atoms with van der Waals surface area (Å²) in [5, 5.41) is 3.92. The average Bonchev–Trinajstić information content (AvgIpc) is 3.21. The third-order valence-corrected chi connectivity index (χ3v) is 4.71. The Morgan fingerprint density at radius 3 is 2.64 bits per heavy atom. The fourth-order valence-corrected chi connectivity index (χ4v) is 3.28. The molecule has 0 aliphatic rings. The first-order valence-electron chi connectivity index (χ1n) is 8.72. The zero-order chi connectivity index (χ0) is 19.7. The number of aromatic nitrogens is 3. The van der Waals surface area contributed by atoms with Gasteiger partial charge < -0.3 is 9.88 Å². The summed E-state index contributed by atoms with van der Waals surface area (Å²) in [5.74, 6) is 0.165. The minimum absolute atomic E-state index is 0.129. The van der Waals surface area contributed by atoms with Gasteiger partial charge in [-0.1, -0.05) is 23.7 Å². The molecule has 0 saturated heterocycles. The highest BCUT2D eigenvalue weighted by atomic mass is 35.5. The Bertz CT molecular complexity index is 1230. The quantitative estimate of drug-likeness (QED) is 0.574. The number of carbonyl (C=O) groups is 1. The zero-order valence-corrected chi connectivity index (χ0v) is 15.8. The Balaban J connectivity index is 1.65. The van der Waals surface area contributed by atoms with Crippen molar-refractivity contribution in [2.24, 2.45) is 0 Å². The minimum atomic E-state index is -0.321. The first kappa shape index (κ1) is 18.0. The SMILES string of the molecule is Cc1nc2ccccc2c(=O)n1CC(=O)Nc1ccc(Cl)cc1-n1cccc1. The van der Waals surface area contributed by atoms with Crippen LogP contribution >= 0.6 is 11.6 Å². The van der Waals surface area contributed by atoms with Gasteiger partial charge in [-0.3, -0.25) is 14.2 Å². The second kappa shape index (κ2) is 7.32. The van der Waals surface area contributed by atoms with Gasteiger partial charge in [-0.15, -0.1) is 0 Å². The molecule has 2 heterocycles. The number of fused-ring (bicyclic) bond motifs is 1. The van der Waals surface area contributed by atoms with E-state index in [2.05, 4.69) is 10.3 Å². The van der Waals surface area contributed by atoms with Gasteiger partial charge in [0.2, 0.25) is 5.91 Å². The van der Waals surface area contributed by atoms with E-state index in [1.54, 1.807) is 43.3 Å². The van der Waals surface area contributed by atoms with E-state index in [9.17, 15) is 9.59 Å². The number of anilines is 1. The Labute approximate surface area is 166 Å². The van der Waals surface area contributed by atoms with Crippen molar-refractivity contribution in [1.29, 1.82) is 0 Å². The van der Waals surface area contributed by atoms with Crippen LogP contribution in [0.15, 0.2) is 71.8 Å². The van der Waals surface area contributed by atoms with Crippen LogP contribution in [0.5, 0.6) is 0 Å². The lowest BCUT2D eigenvalue weighted by Gasteiger charge is -2.14. The van der Waals surface area contributed by atoms with Gasteiger partial charge in [0.1, 0.15) is 12.4 Å². The van der Waals surface area contributed by atoms with E-state index in [-0.39, 0.29) is 18.0 Å². The third-order valence-electron chi connectivity index (χ3n) is 4.47. The van der Waals surface area contributed by atoms with Crippen molar-refractivity contribution in [1.82, 2.24) is 14.1 Å². The Hall–Kier alpha value is -3.38.